The number of hydrogen-bond donors (Lipinski definition) is 1. The smallest absolute Gasteiger partial charge is 0.281 e. The average Bonchev–Trinajstić information content (AvgIpc) is 2.57. The second-order valence-corrected chi connectivity index (χ2v) is 7.98. The fourth-order valence-electron chi connectivity index (χ4n) is 2.22. The summed E-state index contributed by atoms with van der Waals surface area (Å²) in [6.07, 6.45) is 4.19. The van der Waals surface area contributed by atoms with E-state index in [2.05, 4.69) is 0 Å². The van der Waals surface area contributed by atoms with Crippen LogP contribution in [0, 0.1) is 5.41 Å². The van der Waals surface area contributed by atoms with Crippen LogP contribution in [0.3, 0.4) is 0 Å². The molecule has 1 heterocycles. The summed E-state index contributed by atoms with van der Waals surface area (Å²) in [5.41, 5.74) is 5.48. The summed E-state index contributed by atoms with van der Waals surface area (Å²) in [7, 11) is -1.67. The monoisotopic (exact) mass is 277 g/mol. The highest BCUT2D eigenvalue weighted by Gasteiger charge is 2.30. The normalized spacial score (nSPS) is 20.1. The maximum absolute atomic E-state index is 12.4. The second kappa shape index (κ2) is 6.32. The van der Waals surface area contributed by atoms with Crippen LogP contribution in [0.25, 0.3) is 0 Å². The standard InChI is InChI=1S/C12H27N3O2S/c1-12(2,10-13)11-14(3)18(16,17)15-8-6-4-5-7-9-15/h4-11,13H2,1-3H3. The Morgan fingerprint density at radius 2 is 1.67 bits per heavy atom. The van der Waals surface area contributed by atoms with Crippen molar-refractivity contribution in [2.24, 2.45) is 11.1 Å². The molecule has 6 heteroatoms. The Bertz CT molecular complexity index is 346. The summed E-state index contributed by atoms with van der Waals surface area (Å²) in [4.78, 5) is 0. The zero-order valence-corrected chi connectivity index (χ0v) is 12.7. The lowest BCUT2D eigenvalue weighted by molar-refractivity contribution is 0.273. The molecule has 18 heavy (non-hydrogen) atoms. The lowest BCUT2D eigenvalue weighted by atomic mass is 9.94. The first-order chi connectivity index (χ1) is 8.29. The second-order valence-electron chi connectivity index (χ2n) is 5.95. The molecule has 0 aromatic heterocycles. The van der Waals surface area contributed by atoms with Crippen LogP contribution in [0.2, 0.25) is 0 Å². The van der Waals surface area contributed by atoms with Crippen molar-refractivity contribution in [2.45, 2.75) is 39.5 Å². The van der Waals surface area contributed by atoms with Crippen LogP contribution in [-0.4, -0.2) is 50.3 Å². The molecule has 1 aliphatic heterocycles. The third kappa shape index (κ3) is 4.19. The SMILES string of the molecule is CN(CC(C)(C)CN)S(=O)(=O)N1CCCCCC1. The highest BCUT2D eigenvalue weighted by Crippen LogP contribution is 2.20. The molecule has 0 saturated carbocycles. The lowest BCUT2D eigenvalue weighted by Crippen LogP contribution is -2.47. The molecule has 0 aromatic carbocycles. The summed E-state index contributed by atoms with van der Waals surface area (Å²) < 4.78 is 28.0. The molecule has 1 aliphatic rings. The van der Waals surface area contributed by atoms with Crippen LogP contribution >= 0.6 is 0 Å². The summed E-state index contributed by atoms with van der Waals surface area (Å²) >= 11 is 0. The molecular weight excluding hydrogens is 250 g/mol. The van der Waals surface area contributed by atoms with Gasteiger partial charge in [0, 0.05) is 26.7 Å². The largest absolute Gasteiger partial charge is 0.330 e. The molecule has 108 valence electrons. The first kappa shape index (κ1) is 15.9. The number of nitrogens with zero attached hydrogens (tertiary/aromatic N) is 2. The van der Waals surface area contributed by atoms with Crippen LogP contribution in [0.15, 0.2) is 0 Å². The van der Waals surface area contributed by atoms with Gasteiger partial charge in [-0.25, -0.2) is 0 Å². The summed E-state index contributed by atoms with van der Waals surface area (Å²) in [5, 5.41) is 0. The van der Waals surface area contributed by atoms with E-state index >= 15 is 0 Å². The van der Waals surface area contributed by atoms with Gasteiger partial charge in [-0.05, 0) is 24.8 Å². The van der Waals surface area contributed by atoms with Gasteiger partial charge in [-0.2, -0.15) is 17.0 Å². The van der Waals surface area contributed by atoms with E-state index in [1.54, 1.807) is 11.4 Å². The molecular formula is C12H27N3O2S. The molecule has 0 unspecified atom stereocenters. The number of nitrogens with two attached hydrogens (primary N) is 1. The van der Waals surface area contributed by atoms with E-state index in [9.17, 15) is 8.42 Å². The topological polar surface area (TPSA) is 66.6 Å². The van der Waals surface area contributed by atoms with Crippen molar-refractivity contribution in [3.05, 3.63) is 0 Å². The van der Waals surface area contributed by atoms with Gasteiger partial charge >= 0.3 is 0 Å². The summed E-state index contributed by atoms with van der Waals surface area (Å²) in [5.74, 6) is 0. The fraction of sp³-hybridized carbons (Fsp3) is 1.00. The van der Waals surface area contributed by atoms with E-state index in [1.165, 1.54) is 4.31 Å². The quantitative estimate of drug-likeness (QED) is 0.816. The first-order valence-corrected chi connectivity index (χ1v) is 8.11. The van der Waals surface area contributed by atoms with E-state index in [1.807, 2.05) is 13.8 Å². The molecule has 0 bridgehead atoms. The van der Waals surface area contributed by atoms with Gasteiger partial charge in [0.05, 0.1) is 0 Å². The van der Waals surface area contributed by atoms with Gasteiger partial charge in [-0.15, -0.1) is 0 Å². The zero-order valence-electron chi connectivity index (χ0n) is 11.9. The van der Waals surface area contributed by atoms with E-state index < -0.39 is 10.2 Å². The van der Waals surface area contributed by atoms with Gasteiger partial charge in [-0.1, -0.05) is 26.7 Å². The van der Waals surface area contributed by atoms with E-state index in [0.717, 1.165) is 25.7 Å². The maximum atomic E-state index is 12.4. The predicted molar refractivity (Wildman–Crippen MR) is 74.4 cm³/mol. The molecule has 0 aliphatic carbocycles. The molecule has 2 N–H and O–H groups in total. The number of hydrogen-bond acceptors (Lipinski definition) is 3. The molecule has 1 fully saturated rings. The summed E-state index contributed by atoms with van der Waals surface area (Å²) in [6.45, 7) is 6.21. The minimum Gasteiger partial charge on any atom is -0.330 e. The van der Waals surface area contributed by atoms with Crippen molar-refractivity contribution in [1.82, 2.24) is 8.61 Å². The van der Waals surface area contributed by atoms with Crippen molar-refractivity contribution in [3.8, 4) is 0 Å². The zero-order chi connectivity index (χ0) is 13.8. The van der Waals surface area contributed by atoms with Gasteiger partial charge in [-0.3, -0.25) is 0 Å². The average molecular weight is 277 g/mol. The van der Waals surface area contributed by atoms with Crippen molar-refractivity contribution < 1.29 is 8.42 Å². The molecule has 0 spiro atoms. The molecule has 1 saturated heterocycles. The van der Waals surface area contributed by atoms with Gasteiger partial charge < -0.3 is 5.73 Å². The van der Waals surface area contributed by atoms with Gasteiger partial charge in [0.2, 0.25) is 0 Å². The van der Waals surface area contributed by atoms with Gasteiger partial charge in [0.25, 0.3) is 10.2 Å². The van der Waals surface area contributed by atoms with Crippen LogP contribution in [0.4, 0.5) is 0 Å². The minimum absolute atomic E-state index is 0.187. The Labute approximate surface area is 112 Å². The van der Waals surface area contributed by atoms with E-state index in [0.29, 0.717) is 26.2 Å². The highest BCUT2D eigenvalue weighted by molar-refractivity contribution is 7.86. The van der Waals surface area contributed by atoms with Crippen LogP contribution in [-0.2, 0) is 10.2 Å². The maximum Gasteiger partial charge on any atom is 0.281 e. The van der Waals surface area contributed by atoms with Crippen LogP contribution in [0.1, 0.15) is 39.5 Å². The third-order valence-corrected chi connectivity index (χ3v) is 5.42. The van der Waals surface area contributed by atoms with E-state index in [-0.39, 0.29) is 5.41 Å². The molecule has 5 nitrogen and oxygen atoms in total. The molecule has 0 aromatic rings. The third-order valence-electron chi connectivity index (χ3n) is 3.49. The van der Waals surface area contributed by atoms with Crippen molar-refractivity contribution in [2.75, 3.05) is 33.2 Å². The fourth-order valence-corrected chi connectivity index (χ4v) is 3.84. The molecule has 0 radical (unpaired) electrons. The Hall–Kier alpha value is -0.170. The lowest BCUT2D eigenvalue weighted by Gasteiger charge is -2.32. The minimum atomic E-state index is -3.32. The van der Waals surface area contributed by atoms with Crippen molar-refractivity contribution in [3.63, 3.8) is 0 Å². The van der Waals surface area contributed by atoms with Crippen molar-refractivity contribution in [1.29, 1.82) is 0 Å². The predicted octanol–water partition coefficient (Wildman–Crippen LogP) is 1.02. The van der Waals surface area contributed by atoms with Crippen molar-refractivity contribution >= 4 is 10.2 Å². The Balaban J connectivity index is 2.72. The number of rotatable bonds is 5. The molecule has 1 rings (SSSR count). The highest BCUT2D eigenvalue weighted by atomic mass is 32.2. The van der Waals surface area contributed by atoms with Gasteiger partial charge in [0.1, 0.15) is 0 Å². The van der Waals surface area contributed by atoms with Crippen LogP contribution in [0.5, 0.6) is 0 Å². The Morgan fingerprint density at radius 3 is 2.11 bits per heavy atom. The Kier molecular flexibility index (Phi) is 5.58. The Morgan fingerprint density at radius 1 is 1.17 bits per heavy atom. The van der Waals surface area contributed by atoms with Crippen LogP contribution < -0.4 is 5.73 Å². The molecule has 0 atom stereocenters. The van der Waals surface area contributed by atoms with E-state index in [4.69, 9.17) is 5.73 Å². The first-order valence-electron chi connectivity index (χ1n) is 6.71. The molecule has 0 amide bonds. The summed E-state index contributed by atoms with van der Waals surface area (Å²) in [6, 6.07) is 0. The van der Waals surface area contributed by atoms with Gasteiger partial charge in [0.15, 0.2) is 0 Å².